The van der Waals surface area contributed by atoms with Gasteiger partial charge in [0, 0.05) is 23.6 Å². The average molecular weight is 341 g/mol. The van der Waals surface area contributed by atoms with Crippen molar-refractivity contribution in [1.29, 1.82) is 0 Å². The molecule has 112 valence electrons. The lowest BCUT2D eigenvalue weighted by atomic mass is 10.1. The zero-order chi connectivity index (χ0) is 14.5. The van der Waals surface area contributed by atoms with E-state index >= 15 is 0 Å². The van der Waals surface area contributed by atoms with Crippen molar-refractivity contribution >= 4 is 21.6 Å². The Morgan fingerprint density at radius 2 is 2.25 bits per heavy atom. The van der Waals surface area contributed by atoms with Gasteiger partial charge in [-0.1, -0.05) is 19.9 Å². The molecule has 2 unspecified atom stereocenters. The zero-order valence-electron chi connectivity index (χ0n) is 12.7. The lowest BCUT2D eigenvalue weighted by Gasteiger charge is -2.35. The third-order valence-corrected chi connectivity index (χ3v) is 4.55. The lowest BCUT2D eigenvalue weighted by molar-refractivity contribution is 0.0384. The highest BCUT2D eigenvalue weighted by Crippen LogP contribution is 2.30. The van der Waals surface area contributed by atoms with E-state index in [2.05, 4.69) is 65.1 Å². The molecular formula is C16H25BrN2O. The van der Waals surface area contributed by atoms with Crippen molar-refractivity contribution in [1.82, 2.24) is 5.32 Å². The molecule has 1 aromatic carbocycles. The Labute approximate surface area is 130 Å². The topological polar surface area (TPSA) is 24.5 Å². The molecule has 1 aromatic rings. The molecule has 0 amide bonds. The molecule has 0 aromatic heterocycles. The Morgan fingerprint density at radius 3 is 2.90 bits per heavy atom. The van der Waals surface area contributed by atoms with E-state index in [1.165, 1.54) is 15.7 Å². The molecule has 1 N–H and O–H groups in total. The fourth-order valence-electron chi connectivity index (χ4n) is 2.66. The molecular weight excluding hydrogens is 316 g/mol. The second-order valence-corrected chi connectivity index (χ2v) is 6.19. The molecule has 20 heavy (non-hydrogen) atoms. The molecule has 0 radical (unpaired) electrons. The predicted molar refractivity (Wildman–Crippen MR) is 88.5 cm³/mol. The number of benzene rings is 1. The van der Waals surface area contributed by atoms with Gasteiger partial charge >= 0.3 is 0 Å². The number of morpholine rings is 1. The van der Waals surface area contributed by atoms with Gasteiger partial charge in [0.2, 0.25) is 0 Å². The molecule has 0 bridgehead atoms. The molecule has 2 atom stereocenters. The molecule has 0 aliphatic carbocycles. The van der Waals surface area contributed by atoms with Crippen LogP contribution in [0.25, 0.3) is 0 Å². The summed E-state index contributed by atoms with van der Waals surface area (Å²) in [7, 11) is 0. The van der Waals surface area contributed by atoms with Crippen molar-refractivity contribution in [3.8, 4) is 0 Å². The number of rotatable bonds is 5. The minimum absolute atomic E-state index is 0.357. The van der Waals surface area contributed by atoms with E-state index in [4.69, 9.17) is 4.74 Å². The van der Waals surface area contributed by atoms with Crippen LogP contribution in [0, 0.1) is 0 Å². The van der Waals surface area contributed by atoms with Crippen LogP contribution in [-0.4, -0.2) is 32.3 Å². The first-order chi connectivity index (χ1) is 9.65. The van der Waals surface area contributed by atoms with Crippen molar-refractivity contribution in [3.05, 3.63) is 28.2 Å². The van der Waals surface area contributed by atoms with Gasteiger partial charge in [-0.25, -0.2) is 0 Å². The van der Waals surface area contributed by atoms with E-state index in [0.717, 1.165) is 32.7 Å². The van der Waals surface area contributed by atoms with Crippen molar-refractivity contribution in [2.45, 2.75) is 39.3 Å². The largest absolute Gasteiger partial charge is 0.375 e. The van der Waals surface area contributed by atoms with Crippen LogP contribution in [0.1, 0.15) is 38.8 Å². The van der Waals surface area contributed by atoms with E-state index in [1.807, 2.05) is 0 Å². The first kappa shape index (κ1) is 15.8. The first-order valence-corrected chi connectivity index (χ1v) is 8.34. The fourth-order valence-corrected chi connectivity index (χ4v) is 3.31. The SMILES string of the molecule is CCNC(C)c1ccc(N2CCOC(CC)C2)c(Br)c1. The van der Waals surface area contributed by atoms with Crippen LogP contribution in [0.3, 0.4) is 0 Å². The Balaban J connectivity index is 2.13. The first-order valence-electron chi connectivity index (χ1n) is 7.55. The van der Waals surface area contributed by atoms with Gasteiger partial charge in [0.25, 0.3) is 0 Å². The second kappa shape index (κ2) is 7.43. The summed E-state index contributed by atoms with van der Waals surface area (Å²) < 4.78 is 6.92. The van der Waals surface area contributed by atoms with Crippen LogP contribution in [-0.2, 0) is 4.74 Å². The van der Waals surface area contributed by atoms with Gasteiger partial charge in [0.05, 0.1) is 18.4 Å². The molecule has 1 saturated heterocycles. The maximum atomic E-state index is 5.75. The lowest BCUT2D eigenvalue weighted by Crippen LogP contribution is -2.42. The summed E-state index contributed by atoms with van der Waals surface area (Å²) in [4.78, 5) is 2.42. The Hall–Kier alpha value is -0.580. The van der Waals surface area contributed by atoms with Crippen LogP contribution >= 0.6 is 15.9 Å². The summed E-state index contributed by atoms with van der Waals surface area (Å²) in [6.45, 7) is 10.3. The summed E-state index contributed by atoms with van der Waals surface area (Å²) in [5, 5.41) is 3.45. The minimum Gasteiger partial charge on any atom is -0.375 e. The summed E-state index contributed by atoms with van der Waals surface area (Å²) in [5.41, 5.74) is 2.60. The van der Waals surface area contributed by atoms with Crippen LogP contribution in [0.2, 0.25) is 0 Å². The van der Waals surface area contributed by atoms with Gasteiger partial charge in [-0.3, -0.25) is 0 Å². The molecule has 3 nitrogen and oxygen atoms in total. The van der Waals surface area contributed by atoms with Gasteiger partial charge in [-0.2, -0.15) is 0 Å². The van der Waals surface area contributed by atoms with E-state index in [0.29, 0.717) is 12.1 Å². The van der Waals surface area contributed by atoms with Crippen LogP contribution in [0.4, 0.5) is 5.69 Å². The summed E-state index contributed by atoms with van der Waals surface area (Å²) in [6, 6.07) is 7.08. The highest BCUT2D eigenvalue weighted by atomic mass is 79.9. The molecule has 4 heteroatoms. The monoisotopic (exact) mass is 340 g/mol. The molecule has 1 aliphatic rings. The Morgan fingerprint density at radius 1 is 1.45 bits per heavy atom. The third kappa shape index (κ3) is 3.74. The predicted octanol–water partition coefficient (Wildman–Crippen LogP) is 3.73. The van der Waals surface area contributed by atoms with E-state index in [-0.39, 0.29) is 0 Å². The van der Waals surface area contributed by atoms with E-state index in [9.17, 15) is 0 Å². The number of hydrogen-bond donors (Lipinski definition) is 1. The molecule has 1 heterocycles. The zero-order valence-corrected chi connectivity index (χ0v) is 14.2. The quantitative estimate of drug-likeness (QED) is 0.883. The van der Waals surface area contributed by atoms with E-state index in [1.54, 1.807) is 0 Å². The molecule has 1 fully saturated rings. The van der Waals surface area contributed by atoms with Crippen LogP contribution < -0.4 is 10.2 Å². The summed E-state index contributed by atoms with van der Waals surface area (Å²) in [6.07, 6.45) is 1.43. The number of nitrogens with one attached hydrogen (secondary N) is 1. The average Bonchev–Trinajstić information content (AvgIpc) is 2.47. The van der Waals surface area contributed by atoms with Crippen molar-refractivity contribution < 1.29 is 4.74 Å². The summed E-state index contributed by atoms with van der Waals surface area (Å²) >= 11 is 3.73. The number of nitrogens with zero attached hydrogens (tertiary/aromatic N) is 1. The fraction of sp³-hybridized carbons (Fsp3) is 0.625. The Kier molecular flexibility index (Phi) is 5.87. The van der Waals surface area contributed by atoms with Gasteiger partial charge in [0.1, 0.15) is 0 Å². The van der Waals surface area contributed by atoms with Crippen molar-refractivity contribution in [2.75, 3.05) is 31.1 Å². The number of ether oxygens (including phenoxy) is 1. The summed E-state index contributed by atoms with van der Waals surface area (Å²) in [5.74, 6) is 0. The standard InChI is InChI=1S/C16H25BrN2O/c1-4-14-11-19(8-9-20-14)16-7-6-13(10-15(16)17)12(3)18-5-2/h6-7,10,12,14,18H,4-5,8-9,11H2,1-3H3. The van der Waals surface area contributed by atoms with Gasteiger partial charge in [0.15, 0.2) is 0 Å². The smallest absolute Gasteiger partial charge is 0.0748 e. The molecule has 2 rings (SSSR count). The highest BCUT2D eigenvalue weighted by Gasteiger charge is 2.21. The van der Waals surface area contributed by atoms with Gasteiger partial charge < -0.3 is 15.0 Å². The maximum absolute atomic E-state index is 5.75. The third-order valence-electron chi connectivity index (χ3n) is 3.92. The number of halogens is 1. The normalized spacial score (nSPS) is 21.0. The van der Waals surface area contributed by atoms with Crippen molar-refractivity contribution in [3.63, 3.8) is 0 Å². The molecule has 0 saturated carbocycles. The van der Waals surface area contributed by atoms with Crippen molar-refractivity contribution in [2.24, 2.45) is 0 Å². The molecule has 1 aliphatic heterocycles. The molecule has 0 spiro atoms. The van der Waals surface area contributed by atoms with Gasteiger partial charge in [-0.15, -0.1) is 0 Å². The van der Waals surface area contributed by atoms with E-state index < -0.39 is 0 Å². The Bertz CT molecular complexity index is 438. The minimum atomic E-state index is 0.357. The number of anilines is 1. The van der Waals surface area contributed by atoms with Gasteiger partial charge in [-0.05, 0) is 53.5 Å². The highest BCUT2D eigenvalue weighted by molar-refractivity contribution is 9.10. The maximum Gasteiger partial charge on any atom is 0.0748 e. The number of hydrogen-bond acceptors (Lipinski definition) is 3. The van der Waals surface area contributed by atoms with Crippen LogP contribution in [0.15, 0.2) is 22.7 Å². The second-order valence-electron chi connectivity index (χ2n) is 5.34. The van der Waals surface area contributed by atoms with Crippen LogP contribution in [0.5, 0.6) is 0 Å².